The molecule has 27 heavy (non-hydrogen) atoms. The zero-order valence-corrected chi connectivity index (χ0v) is 13.8. The van der Waals surface area contributed by atoms with Gasteiger partial charge in [-0.2, -0.15) is 9.78 Å². The fourth-order valence-corrected chi connectivity index (χ4v) is 2.53. The summed E-state index contributed by atoms with van der Waals surface area (Å²) in [6.07, 6.45) is -4.07. The van der Waals surface area contributed by atoms with E-state index in [1.807, 2.05) is 0 Å². The average molecular weight is 381 g/mol. The third-order valence-electron chi connectivity index (χ3n) is 3.77. The standard InChI is InChI=1S/C18H12F5N3O/c1-10-9-26(18(21,22)23)25-16(10)17(27)24-15-5-3-2-4-12(15)13-8-11(19)6-7-14(13)20/h2-9H,1H3,(H,24,27). The van der Waals surface area contributed by atoms with Gasteiger partial charge in [-0.1, -0.05) is 18.2 Å². The number of carbonyl (C=O) groups is 1. The molecule has 0 unspecified atom stereocenters. The van der Waals surface area contributed by atoms with Crippen LogP contribution < -0.4 is 5.32 Å². The highest BCUT2D eigenvalue weighted by molar-refractivity contribution is 6.05. The van der Waals surface area contributed by atoms with Crippen LogP contribution in [0.3, 0.4) is 0 Å². The molecule has 0 atom stereocenters. The van der Waals surface area contributed by atoms with Crippen molar-refractivity contribution in [3.63, 3.8) is 0 Å². The lowest BCUT2D eigenvalue weighted by Gasteiger charge is -2.12. The quantitative estimate of drug-likeness (QED) is 0.659. The van der Waals surface area contributed by atoms with Crippen LogP contribution in [0, 0.1) is 18.6 Å². The van der Waals surface area contributed by atoms with Crippen LogP contribution >= 0.6 is 0 Å². The van der Waals surface area contributed by atoms with Crippen molar-refractivity contribution < 1.29 is 26.7 Å². The molecule has 9 heteroatoms. The van der Waals surface area contributed by atoms with Gasteiger partial charge in [0.05, 0.1) is 0 Å². The summed E-state index contributed by atoms with van der Waals surface area (Å²) in [5, 5.41) is 5.66. The molecular weight excluding hydrogens is 369 g/mol. The van der Waals surface area contributed by atoms with Gasteiger partial charge in [0.1, 0.15) is 11.6 Å². The Labute approximate surface area is 150 Å². The maximum Gasteiger partial charge on any atom is 0.504 e. The number of aryl methyl sites for hydroxylation is 1. The Balaban J connectivity index is 1.97. The van der Waals surface area contributed by atoms with Crippen LogP contribution in [0.15, 0.2) is 48.7 Å². The summed E-state index contributed by atoms with van der Waals surface area (Å²) in [6.45, 7) is 1.31. The Morgan fingerprint density at radius 2 is 1.78 bits per heavy atom. The molecule has 2 aromatic carbocycles. The number of hydrogen-bond donors (Lipinski definition) is 1. The number of nitrogens with zero attached hydrogens (tertiary/aromatic N) is 2. The number of hydrogen-bond acceptors (Lipinski definition) is 2. The monoisotopic (exact) mass is 381 g/mol. The molecule has 0 aliphatic rings. The molecule has 0 aliphatic heterocycles. The molecule has 0 spiro atoms. The number of benzene rings is 2. The van der Waals surface area contributed by atoms with E-state index >= 15 is 0 Å². The highest BCUT2D eigenvalue weighted by Gasteiger charge is 2.33. The second kappa shape index (κ2) is 6.82. The Morgan fingerprint density at radius 1 is 1.07 bits per heavy atom. The number of rotatable bonds is 3. The van der Waals surface area contributed by atoms with Gasteiger partial charge in [-0.15, -0.1) is 13.2 Å². The molecule has 140 valence electrons. The number of halogens is 5. The molecule has 3 rings (SSSR count). The van der Waals surface area contributed by atoms with Gasteiger partial charge >= 0.3 is 6.30 Å². The van der Waals surface area contributed by atoms with E-state index in [0.29, 0.717) is 6.20 Å². The zero-order valence-electron chi connectivity index (χ0n) is 13.8. The fraction of sp³-hybridized carbons (Fsp3) is 0.111. The first-order chi connectivity index (χ1) is 12.7. The maximum atomic E-state index is 14.1. The highest BCUT2D eigenvalue weighted by Crippen LogP contribution is 2.31. The van der Waals surface area contributed by atoms with E-state index in [-0.39, 0.29) is 27.1 Å². The van der Waals surface area contributed by atoms with Crippen molar-refractivity contribution in [3.05, 3.63) is 71.6 Å². The number of aromatic nitrogens is 2. The Morgan fingerprint density at radius 3 is 2.44 bits per heavy atom. The third-order valence-corrected chi connectivity index (χ3v) is 3.77. The summed E-state index contributed by atoms with van der Waals surface area (Å²) in [4.78, 5) is 12.4. The first kappa shape index (κ1) is 18.6. The van der Waals surface area contributed by atoms with E-state index in [2.05, 4.69) is 10.4 Å². The molecule has 1 heterocycles. The van der Waals surface area contributed by atoms with Crippen LogP contribution in [0.1, 0.15) is 16.1 Å². The van der Waals surface area contributed by atoms with Crippen LogP contribution in [0.2, 0.25) is 0 Å². The molecule has 0 saturated heterocycles. The van der Waals surface area contributed by atoms with Crippen molar-refractivity contribution in [2.75, 3.05) is 5.32 Å². The topological polar surface area (TPSA) is 46.9 Å². The van der Waals surface area contributed by atoms with Crippen molar-refractivity contribution in [2.24, 2.45) is 0 Å². The number of carbonyl (C=O) groups excluding carboxylic acids is 1. The van der Waals surface area contributed by atoms with Gasteiger partial charge in [-0.3, -0.25) is 4.79 Å². The van der Waals surface area contributed by atoms with E-state index in [1.165, 1.54) is 25.1 Å². The molecule has 0 radical (unpaired) electrons. The average Bonchev–Trinajstić information content (AvgIpc) is 3.00. The molecule has 0 saturated carbocycles. The number of nitrogens with one attached hydrogen (secondary N) is 1. The van der Waals surface area contributed by atoms with Gasteiger partial charge in [0.15, 0.2) is 5.69 Å². The second-order valence-electron chi connectivity index (χ2n) is 5.70. The molecule has 4 nitrogen and oxygen atoms in total. The first-order valence-electron chi connectivity index (χ1n) is 7.66. The number of para-hydroxylation sites is 1. The summed E-state index contributed by atoms with van der Waals surface area (Å²) in [5.74, 6) is -2.29. The van der Waals surface area contributed by atoms with Gasteiger partial charge in [-0.05, 0) is 31.2 Å². The molecular formula is C18H12F5N3O. The first-order valence-corrected chi connectivity index (χ1v) is 7.66. The molecule has 1 N–H and O–H groups in total. The van der Waals surface area contributed by atoms with Crippen molar-refractivity contribution in [3.8, 4) is 11.1 Å². The van der Waals surface area contributed by atoms with Crippen molar-refractivity contribution in [2.45, 2.75) is 13.2 Å². The van der Waals surface area contributed by atoms with Gasteiger partial charge in [0.2, 0.25) is 0 Å². The SMILES string of the molecule is Cc1cn(C(F)(F)F)nc1C(=O)Nc1ccccc1-c1cc(F)ccc1F. The smallest absolute Gasteiger partial charge is 0.320 e. The number of amides is 1. The summed E-state index contributed by atoms with van der Waals surface area (Å²) >= 11 is 0. The number of alkyl halides is 3. The zero-order chi connectivity index (χ0) is 19.8. The minimum absolute atomic E-state index is 0.0132. The van der Waals surface area contributed by atoms with Crippen LogP contribution in [0.5, 0.6) is 0 Å². The Hall–Kier alpha value is -3.23. The maximum absolute atomic E-state index is 14.1. The summed E-state index contributed by atoms with van der Waals surface area (Å²) in [6, 6.07) is 8.83. The minimum atomic E-state index is -4.76. The molecule has 0 fully saturated rings. The molecule has 0 bridgehead atoms. The lowest BCUT2D eigenvalue weighted by molar-refractivity contribution is -0.212. The van der Waals surface area contributed by atoms with Gasteiger partial charge in [0, 0.05) is 28.6 Å². The third kappa shape index (κ3) is 3.81. The van der Waals surface area contributed by atoms with E-state index in [0.717, 1.165) is 18.2 Å². The van der Waals surface area contributed by atoms with E-state index in [4.69, 9.17) is 0 Å². The van der Waals surface area contributed by atoms with Gasteiger partial charge < -0.3 is 5.32 Å². The summed E-state index contributed by atoms with van der Waals surface area (Å²) in [5.41, 5.74) is -0.228. The molecule has 3 aromatic rings. The van der Waals surface area contributed by atoms with Crippen LogP contribution in [-0.4, -0.2) is 15.7 Å². The fourth-order valence-electron chi connectivity index (χ4n) is 2.53. The van der Waals surface area contributed by atoms with Crippen molar-refractivity contribution in [1.82, 2.24) is 9.78 Å². The molecule has 1 amide bonds. The largest absolute Gasteiger partial charge is 0.504 e. The van der Waals surface area contributed by atoms with Crippen molar-refractivity contribution in [1.29, 1.82) is 0 Å². The van der Waals surface area contributed by atoms with Crippen LogP contribution in [0.25, 0.3) is 11.1 Å². The lowest BCUT2D eigenvalue weighted by atomic mass is 10.0. The molecule has 0 aliphatic carbocycles. The summed E-state index contributed by atoms with van der Waals surface area (Å²) in [7, 11) is 0. The summed E-state index contributed by atoms with van der Waals surface area (Å²) < 4.78 is 65.5. The highest BCUT2D eigenvalue weighted by atomic mass is 19.4. The van der Waals surface area contributed by atoms with Crippen molar-refractivity contribution >= 4 is 11.6 Å². The van der Waals surface area contributed by atoms with Crippen LogP contribution in [0.4, 0.5) is 27.6 Å². The number of anilines is 1. The van der Waals surface area contributed by atoms with E-state index in [1.54, 1.807) is 6.07 Å². The lowest BCUT2D eigenvalue weighted by Crippen LogP contribution is -2.19. The predicted molar refractivity (Wildman–Crippen MR) is 88.0 cm³/mol. The second-order valence-corrected chi connectivity index (χ2v) is 5.70. The Bertz CT molecular complexity index is 1010. The normalized spacial score (nSPS) is 11.5. The van der Waals surface area contributed by atoms with Crippen LogP contribution in [-0.2, 0) is 6.30 Å². The molecule has 1 aromatic heterocycles. The van der Waals surface area contributed by atoms with Gasteiger partial charge in [-0.25, -0.2) is 8.78 Å². The van der Waals surface area contributed by atoms with E-state index < -0.39 is 29.5 Å². The predicted octanol–water partition coefficient (Wildman–Crippen LogP) is 4.87. The minimum Gasteiger partial charge on any atom is -0.320 e. The van der Waals surface area contributed by atoms with E-state index in [9.17, 15) is 26.7 Å². The Kier molecular flexibility index (Phi) is 4.69. The van der Waals surface area contributed by atoms with Gasteiger partial charge in [0.25, 0.3) is 5.91 Å².